The van der Waals surface area contributed by atoms with Gasteiger partial charge in [-0.2, -0.15) is 0 Å². The van der Waals surface area contributed by atoms with Crippen LogP contribution in [0, 0.1) is 0 Å². The Balaban J connectivity index is 2.30. The average Bonchev–Trinajstić information content (AvgIpc) is 2.85. The van der Waals surface area contributed by atoms with Gasteiger partial charge in [-0.15, -0.1) is 0 Å². The molecule has 4 heteroatoms. The number of carbonyl (C=O) groups excluding carboxylic acids is 1. The molecule has 19 heavy (non-hydrogen) atoms. The van der Waals surface area contributed by atoms with Gasteiger partial charge >= 0.3 is 5.97 Å². The fourth-order valence-corrected chi connectivity index (χ4v) is 2.10. The van der Waals surface area contributed by atoms with Crippen LogP contribution in [0.3, 0.4) is 0 Å². The van der Waals surface area contributed by atoms with E-state index >= 15 is 0 Å². The van der Waals surface area contributed by atoms with Crippen LogP contribution in [0.15, 0.2) is 17.7 Å². The summed E-state index contributed by atoms with van der Waals surface area (Å²) in [6.07, 6.45) is 3.36. The first kappa shape index (κ1) is 13.5. The Bertz CT molecular complexity index is 517. The van der Waals surface area contributed by atoms with Crippen molar-refractivity contribution in [2.45, 2.75) is 19.8 Å². The predicted molar refractivity (Wildman–Crippen MR) is 72.5 cm³/mol. The number of esters is 1. The number of methoxy groups -OCH3 is 2. The van der Waals surface area contributed by atoms with Gasteiger partial charge in [0.05, 0.1) is 20.8 Å². The van der Waals surface area contributed by atoms with E-state index in [4.69, 9.17) is 14.2 Å². The summed E-state index contributed by atoms with van der Waals surface area (Å²) in [5.74, 6) is 1.13. The second-order valence-corrected chi connectivity index (χ2v) is 4.39. The molecule has 0 unspecified atom stereocenters. The monoisotopic (exact) mass is 262 g/mol. The Kier molecular flexibility index (Phi) is 4.10. The molecule has 1 aliphatic carbocycles. The van der Waals surface area contributed by atoms with Crippen LogP contribution in [0.4, 0.5) is 0 Å². The molecular formula is C15H18O4. The third-order valence-electron chi connectivity index (χ3n) is 3.05. The number of fused-ring (bicyclic) bond motifs is 1. The maximum Gasteiger partial charge on any atom is 0.334 e. The molecule has 0 aromatic heterocycles. The Morgan fingerprint density at radius 3 is 2.68 bits per heavy atom. The van der Waals surface area contributed by atoms with Gasteiger partial charge in [0.25, 0.3) is 0 Å². The summed E-state index contributed by atoms with van der Waals surface area (Å²) < 4.78 is 15.7. The molecular weight excluding hydrogens is 244 g/mol. The van der Waals surface area contributed by atoms with Crippen LogP contribution in [0.1, 0.15) is 24.5 Å². The third kappa shape index (κ3) is 2.72. The van der Waals surface area contributed by atoms with Gasteiger partial charge in [0.2, 0.25) is 0 Å². The molecule has 0 saturated heterocycles. The van der Waals surface area contributed by atoms with E-state index in [1.165, 1.54) is 7.11 Å². The topological polar surface area (TPSA) is 44.8 Å². The lowest BCUT2D eigenvalue weighted by Crippen LogP contribution is -2.04. The molecule has 0 aliphatic heterocycles. The number of hydrogen-bond donors (Lipinski definition) is 0. The summed E-state index contributed by atoms with van der Waals surface area (Å²) in [5, 5.41) is 0. The first-order chi connectivity index (χ1) is 9.19. The zero-order valence-corrected chi connectivity index (χ0v) is 11.5. The summed E-state index contributed by atoms with van der Waals surface area (Å²) in [5.41, 5.74) is 2.71. The summed E-state index contributed by atoms with van der Waals surface area (Å²) in [7, 11) is 3.01. The molecule has 1 aliphatic rings. The van der Waals surface area contributed by atoms with Gasteiger partial charge in [-0.05, 0) is 35.8 Å². The van der Waals surface area contributed by atoms with E-state index in [1.807, 2.05) is 18.2 Å². The molecule has 0 spiro atoms. The van der Waals surface area contributed by atoms with Crippen molar-refractivity contribution in [1.82, 2.24) is 0 Å². The normalized spacial score (nSPS) is 12.7. The molecule has 1 aromatic rings. The maximum atomic E-state index is 11.5. The molecule has 0 saturated carbocycles. The quantitative estimate of drug-likeness (QED) is 0.765. The van der Waals surface area contributed by atoms with Crippen LogP contribution < -0.4 is 9.47 Å². The van der Waals surface area contributed by atoms with Crippen molar-refractivity contribution in [2.24, 2.45) is 0 Å². The van der Waals surface area contributed by atoms with E-state index in [-0.39, 0.29) is 5.97 Å². The lowest BCUT2D eigenvalue weighted by Gasteiger charge is -2.12. The van der Waals surface area contributed by atoms with Gasteiger partial charge in [0.1, 0.15) is 0 Å². The summed E-state index contributed by atoms with van der Waals surface area (Å²) in [4.78, 5) is 11.5. The van der Waals surface area contributed by atoms with Gasteiger partial charge in [0.15, 0.2) is 11.5 Å². The third-order valence-corrected chi connectivity index (χ3v) is 3.05. The van der Waals surface area contributed by atoms with Crippen LogP contribution in [0.2, 0.25) is 0 Å². The van der Waals surface area contributed by atoms with Gasteiger partial charge in [-0.1, -0.05) is 6.92 Å². The van der Waals surface area contributed by atoms with Crippen molar-refractivity contribution < 1.29 is 19.0 Å². The average molecular weight is 262 g/mol. The highest BCUT2D eigenvalue weighted by Crippen LogP contribution is 2.36. The van der Waals surface area contributed by atoms with E-state index in [1.54, 1.807) is 7.11 Å². The Morgan fingerprint density at radius 1 is 1.26 bits per heavy atom. The van der Waals surface area contributed by atoms with Crippen molar-refractivity contribution in [3.8, 4) is 11.5 Å². The van der Waals surface area contributed by atoms with Crippen LogP contribution in [-0.4, -0.2) is 26.8 Å². The summed E-state index contributed by atoms with van der Waals surface area (Å²) in [6.45, 7) is 2.69. The SMILES string of the molecule is CCCOc1cc2c(cc1OC)CC(C(=O)OC)=C2. The zero-order chi connectivity index (χ0) is 13.8. The molecule has 0 heterocycles. The fraction of sp³-hybridized carbons (Fsp3) is 0.400. The van der Waals surface area contributed by atoms with Gasteiger partial charge in [0, 0.05) is 12.0 Å². The highest BCUT2D eigenvalue weighted by Gasteiger charge is 2.21. The number of hydrogen-bond acceptors (Lipinski definition) is 4. The standard InChI is InChI=1S/C15H18O4/c1-4-5-19-14-9-11-7-12(15(16)18-3)6-10(11)8-13(14)17-2/h7-9H,4-6H2,1-3H3. The van der Waals surface area contributed by atoms with E-state index in [2.05, 4.69) is 6.92 Å². The molecule has 102 valence electrons. The molecule has 0 fully saturated rings. The minimum Gasteiger partial charge on any atom is -0.493 e. The first-order valence-corrected chi connectivity index (χ1v) is 6.32. The summed E-state index contributed by atoms with van der Waals surface area (Å²) >= 11 is 0. The number of carbonyl (C=O) groups is 1. The van der Waals surface area contributed by atoms with Crippen LogP contribution in [0.25, 0.3) is 6.08 Å². The van der Waals surface area contributed by atoms with Crippen molar-refractivity contribution in [3.63, 3.8) is 0 Å². The van der Waals surface area contributed by atoms with Gasteiger partial charge < -0.3 is 14.2 Å². The van der Waals surface area contributed by atoms with Gasteiger partial charge in [-0.3, -0.25) is 0 Å². The summed E-state index contributed by atoms with van der Waals surface area (Å²) in [6, 6.07) is 3.84. The van der Waals surface area contributed by atoms with Crippen molar-refractivity contribution in [3.05, 3.63) is 28.8 Å². The highest BCUT2D eigenvalue weighted by atomic mass is 16.5. The van der Waals surface area contributed by atoms with Gasteiger partial charge in [-0.25, -0.2) is 4.79 Å². The number of ether oxygens (including phenoxy) is 3. The van der Waals surface area contributed by atoms with Crippen molar-refractivity contribution in [1.29, 1.82) is 0 Å². The fourth-order valence-electron chi connectivity index (χ4n) is 2.10. The van der Waals surface area contributed by atoms with E-state index < -0.39 is 0 Å². The highest BCUT2D eigenvalue weighted by molar-refractivity contribution is 5.96. The number of rotatable bonds is 5. The smallest absolute Gasteiger partial charge is 0.334 e. The van der Waals surface area contributed by atoms with E-state index in [9.17, 15) is 4.79 Å². The Hall–Kier alpha value is -1.97. The first-order valence-electron chi connectivity index (χ1n) is 6.32. The van der Waals surface area contributed by atoms with Crippen molar-refractivity contribution >= 4 is 12.0 Å². The molecule has 1 aromatic carbocycles. The lowest BCUT2D eigenvalue weighted by atomic mass is 10.1. The maximum absolute atomic E-state index is 11.5. The second kappa shape index (κ2) is 5.78. The van der Waals surface area contributed by atoms with Crippen LogP contribution in [-0.2, 0) is 16.0 Å². The van der Waals surface area contributed by atoms with Crippen LogP contribution in [0.5, 0.6) is 11.5 Å². The molecule has 0 radical (unpaired) electrons. The van der Waals surface area contributed by atoms with Crippen molar-refractivity contribution in [2.75, 3.05) is 20.8 Å². The lowest BCUT2D eigenvalue weighted by molar-refractivity contribution is -0.136. The largest absolute Gasteiger partial charge is 0.493 e. The van der Waals surface area contributed by atoms with E-state index in [0.717, 1.165) is 17.5 Å². The predicted octanol–water partition coefficient (Wildman–Crippen LogP) is 2.60. The molecule has 0 atom stereocenters. The molecule has 4 nitrogen and oxygen atoms in total. The zero-order valence-electron chi connectivity index (χ0n) is 11.5. The molecule has 0 bridgehead atoms. The van der Waals surface area contributed by atoms with Crippen LogP contribution >= 0.6 is 0 Å². The minimum atomic E-state index is -0.286. The Morgan fingerprint density at radius 2 is 2.05 bits per heavy atom. The Labute approximate surface area is 113 Å². The molecule has 0 amide bonds. The minimum absolute atomic E-state index is 0.286. The van der Waals surface area contributed by atoms with E-state index in [0.29, 0.717) is 30.1 Å². The number of benzene rings is 1. The second-order valence-electron chi connectivity index (χ2n) is 4.39. The molecule has 2 rings (SSSR count). The molecule has 0 N–H and O–H groups in total.